The van der Waals surface area contributed by atoms with Crippen LogP contribution in [0.4, 0.5) is 4.79 Å². The second kappa shape index (κ2) is 4.72. The maximum Gasteiger partial charge on any atom is 0.414 e. The average molecular weight is 252 g/mol. The molecule has 2 heterocycles. The Kier molecular flexibility index (Phi) is 3.43. The molecule has 100 valence electrons. The van der Waals surface area contributed by atoms with Crippen LogP contribution in [0.25, 0.3) is 0 Å². The van der Waals surface area contributed by atoms with Gasteiger partial charge in [-0.05, 0) is 26.3 Å². The van der Waals surface area contributed by atoms with Crippen LogP contribution in [-0.2, 0) is 9.53 Å². The van der Waals surface area contributed by atoms with E-state index in [1.165, 1.54) is 4.90 Å². The number of rotatable bonds is 0. The number of nitrogens with zero attached hydrogens (tertiary/aromatic N) is 1. The Labute approximate surface area is 107 Å². The predicted octanol–water partition coefficient (Wildman–Crippen LogP) is 1.44. The smallest absolute Gasteiger partial charge is 0.414 e. The van der Waals surface area contributed by atoms with Gasteiger partial charge < -0.3 is 10.1 Å². The number of hydrogen-bond donors (Lipinski definition) is 1. The summed E-state index contributed by atoms with van der Waals surface area (Å²) in [7, 11) is 0. The molecule has 5 nitrogen and oxygen atoms in total. The number of Topliss-reactive ketones (excluding diaryl/α,β-unsaturated/α-hetero) is 1. The molecule has 18 heavy (non-hydrogen) atoms. The first kappa shape index (κ1) is 13.1. The van der Waals surface area contributed by atoms with Crippen LogP contribution >= 0.6 is 0 Å². The zero-order valence-electron chi connectivity index (χ0n) is 11.2. The van der Waals surface area contributed by atoms with Gasteiger partial charge in [0, 0.05) is 31.6 Å². The zero-order chi connectivity index (χ0) is 13.3. The molecular weight excluding hydrogens is 232 g/mol. The van der Waals surface area contributed by atoms with Crippen LogP contribution in [0, 0.1) is 0 Å². The van der Waals surface area contributed by atoms with Crippen LogP contribution in [0.15, 0.2) is 11.3 Å². The number of nitrogens with one attached hydrogen (secondary N) is 1. The Morgan fingerprint density at radius 2 is 2.11 bits per heavy atom. The van der Waals surface area contributed by atoms with Gasteiger partial charge in [-0.3, -0.25) is 9.69 Å². The van der Waals surface area contributed by atoms with Crippen molar-refractivity contribution in [3.8, 4) is 0 Å². The van der Waals surface area contributed by atoms with E-state index in [0.29, 0.717) is 13.0 Å². The molecule has 2 aliphatic rings. The number of ether oxygens (including phenoxy) is 1. The molecule has 0 bridgehead atoms. The molecule has 0 aromatic carbocycles. The largest absolute Gasteiger partial charge is 0.443 e. The van der Waals surface area contributed by atoms with E-state index in [2.05, 4.69) is 5.32 Å². The lowest BCUT2D eigenvalue weighted by Gasteiger charge is -2.35. The lowest BCUT2D eigenvalue weighted by Crippen LogP contribution is -2.45. The minimum absolute atomic E-state index is 0.0725. The number of amides is 1. The molecule has 0 radical (unpaired) electrons. The third-order valence-corrected chi connectivity index (χ3v) is 2.97. The van der Waals surface area contributed by atoms with Crippen molar-refractivity contribution in [2.75, 3.05) is 19.6 Å². The van der Waals surface area contributed by atoms with E-state index in [4.69, 9.17) is 4.74 Å². The highest BCUT2D eigenvalue weighted by Gasteiger charge is 2.33. The predicted molar refractivity (Wildman–Crippen MR) is 67.1 cm³/mol. The number of carbonyl (C=O) groups is 2. The van der Waals surface area contributed by atoms with E-state index in [1.807, 2.05) is 20.8 Å². The topological polar surface area (TPSA) is 58.6 Å². The van der Waals surface area contributed by atoms with Crippen molar-refractivity contribution >= 4 is 11.9 Å². The van der Waals surface area contributed by atoms with Gasteiger partial charge in [0.15, 0.2) is 5.78 Å². The fraction of sp³-hybridized carbons (Fsp3) is 0.692. The van der Waals surface area contributed by atoms with Gasteiger partial charge >= 0.3 is 6.09 Å². The Balaban J connectivity index is 2.20. The van der Waals surface area contributed by atoms with Gasteiger partial charge in [-0.1, -0.05) is 0 Å². The number of carbonyl (C=O) groups excluding carboxylic acids is 2. The van der Waals surface area contributed by atoms with Gasteiger partial charge in [0.25, 0.3) is 0 Å². The monoisotopic (exact) mass is 252 g/mol. The molecule has 0 fully saturated rings. The third-order valence-electron chi connectivity index (χ3n) is 2.97. The summed E-state index contributed by atoms with van der Waals surface area (Å²) in [5, 5.41) is 3.22. The second-order valence-corrected chi connectivity index (χ2v) is 5.76. The molecule has 0 aromatic rings. The van der Waals surface area contributed by atoms with Gasteiger partial charge in [-0.15, -0.1) is 0 Å². The van der Waals surface area contributed by atoms with Crippen molar-refractivity contribution in [3.63, 3.8) is 0 Å². The molecule has 0 saturated carbocycles. The average Bonchev–Trinajstić information content (AvgIpc) is 2.25. The highest BCUT2D eigenvalue weighted by atomic mass is 16.6. The Morgan fingerprint density at radius 1 is 1.39 bits per heavy atom. The highest BCUT2D eigenvalue weighted by molar-refractivity contribution is 5.89. The Bertz CT molecular complexity index is 407. The van der Waals surface area contributed by atoms with Crippen molar-refractivity contribution in [1.29, 1.82) is 0 Å². The molecule has 0 spiro atoms. The van der Waals surface area contributed by atoms with E-state index < -0.39 is 11.7 Å². The van der Waals surface area contributed by atoms with E-state index in [1.54, 1.807) is 0 Å². The molecular formula is C13H20N2O3. The van der Waals surface area contributed by atoms with Crippen molar-refractivity contribution in [2.45, 2.75) is 39.2 Å². The standard InChI is InChI=1S/C13H20N2O3/c1-13(2,3)18-12(17)15-8-10(16)6-9-7-14-5-4-11(9)15/h14H,4-8H2,1-3H3. The molecule has 0 aliphatic carbocycles. The quantitative estimate of drug-likeness (QED) is 0.709. The van der Waals surface area contributed by atoms with Crippen LogP contribution in [-0.4, -0.2) is 42.0 Å². The fourth-order valence-corrected chi connectivity index (χ4v) is 2.27. The summed E-state index contributed by atoms with van der Waals surface area (Å²) in [4.78, 5) is 25.3. The van der Waals surface area contributed by atoms with Gasteiger partial charge in [0.05, 0.1) is 6.54 Å². The molecule has 2 rings (SSSR count). The summed E-state index contributed by atoms with van der Waals surface area (Å²) in [5.41, 5.74) is 1.47. The van der Waals surface area contributed by atoms with E-state index in [-0.39, 0.29) is 12.3 Å². The summed E-state index contributed by atoms with van der Waals surface area (Å²) >= 11 is 0. The Hall–Kier alpha value is -1.36. The lowest BCUT2D eigenvalue weighted by atomic mass is 9.97. The summed E-state index contributed by atoms with van der Waals surface area (Å²) in [5.74, 6) is 0.0725. The number of ketones is 1. The van der Waals surface area contributed by atoms with E-state index >= 15 is 0 Å². The van der Waals surface area contributed by atoms with Crippen molar-refractivity contribution in [1.82, 2.24) is 10.2 Å². The molecule has 0 saturated heterocycles. The molecule has 0 atom stereocenters. The first-order chi connectivity index (χ1) is 8.37. The molecule has 0 unspecified atom stereocenters. The lowest BCUT2D eigenvalue weighted by molar-refractivity contribution is -0.120. The van der Waals surface area contributed by atoms with Crippen LogP contribution in [0.3, 0.4) is 0 Å². The minimum Gasteiger partial charge on any atom is -0.443 e. The maximum absolute atomic E-state index is 12.1. The first-order valence-electron chi connectivity index (χ1n) is 6.30. The van der Waals surface area contributed by atoms with E-state index in [9.17, 15) is 9.59 Å². The summed E-state index contributed by atoms with van der Waals surface area (Å²) < 4.78 is 5.35. The fourth-order valence-electron chi connectivity index (χ4n) is 2.27. The zero-order valence-corrected chi connectivity index (χ0v) is 11.2. The molecule has 1 N–H and O–H groups in total. The van der Waals surface area contributed by atoms with Crippen LogP contribution in [0.5, 0.6) is 0 Å². The first-order valence-corrected chi connectivity index (χ1v) is 6.30. The maximum atomic E-state index is 12.1. The molecule has 0 aromatic heterocycles. The second-order valence-electron chi connectivity index (χ2n) is 5.76. The Morgan fingerprint density at radius 3 is 2.78 bits per heavy atom. The SMILES string of the molecule is CC(C)(C)OC(=O)N1CC(=O)CC2=C1CCNC2. The van der Waals surface area contributed by atoms with Crippen LogP contribution < -0.4 is 5.32 Å². The van der Waals surface area contributed by atoms with Gasteiger partial charge in [0.1, 0.15) is 5.60 Å². The van der Waals surface area contributed by atoms with Gasteiger partial charge in [-0.25, -0.2) is 4.79 Å². The normalized spacial score (nSPS) is 20.8. The van der Waals surface area contributed by atoms with Crippen LogP contribution in [0.1, 0.15) is 33.6 Å². The van der Waals surface area contributed by atoms with Gasteiger partial charge in [-0.2, -0.15) is 0 Å². The molecule has 5 heteroatoms. The van der Waals surface area contributed by atoms with Crippen molar-refractivity contribution < 1.29 is 14.3 Å². The number of hydrogen-bond acceptors (Lipinski definition) is 4. The summed E-state index contributed by atoms with van der Waals surface area (Å²) in [6.07, 6.45) is 0.827. The highest BCUT2D eigenvalue weighted by Crippen LogP contribution is 2.26. The molecule has 1 amide bonds. The van der Waals surface area contributed by atoms with Crippen molar-refractivity contribution in [3.05, 3.63) is 11.3 Å². The van der Waals surface area contributed by atoms with Gasteiger partial charge in [0.2, 0.25) is 0 Å². The van der Waals surface area contributed by atoms with E-state index in [0.717, 1.165) is 24.2 Å². The van der Waals surface area contributed by atoms with Crippen LogP contribution in [0.2, 0.25) is 0 Å². The summed E-state index contributed by atoms with van der Waals surface area (Å²) in [6.45, 7) is 7.16. The molecule has 2 aliphatic heterocycles. The minimum atomic E-state index is -0.536. The van der Waals surface area contributed by atoms with Crippen molar-refractivity contribution in [2.24, 2.45) is 0 Å². The third kappa shape index (κ3) is 2.90. The summed E-state index contributed by atoms with van der Waals surface area (Å²) in [6, 6.07) is 0.